The summed E-state index contributed by atoms with van der Waals surface area (Å²) >= 11 is 0. The van der Waals surface area contributed by atoms with Gasteiger partial charge in [-0.15, -0.1) is 0 Å². The molecule has 0 radical (unpaired) electrons. The second-order valence-electron chi connectivity index (χ2n) is 3.52. The van der Waals surface area contributed by atoms with E-state index in [4.69, 9.17) is 0 Å². The fraction of sp³-hybridized carbons (Fsp3) is 0.333. The number of hydrogen-bond acceptors (Lipinski definition) is 1. The summed E-state index contributed by atoms with van der Waals surface area (Å²) in [6.45, 7) is 6.23. The Morgan fingerprint density at radius 2 is 1.77 bits per heavy atom. The van der Waals surface area contributed by atoms with Crippen LogP contribution in [0.1, 0.15) is 18.4 Å². The highest BCUT2D eigenvalue weighted by Gasteiger charge is 2.09. The molecule has 0 amide bonds. The maximum atomic E-state index is 4.06. The minimum absolute atomic E-state index is 0.399. The van der Waals surface area contributed by atoms with Crippen molar-refractivity contribution in [3.05, 3.63) is 48.2 Å². The predicted octanol–water partition coefficient (Wildman–Crippen LogP) is 2.87. The molecular formula is C12H17N. The van der Waals surface area contributed by atoms with Gasteiger partial charge < -0.3 is 4.90 Å². The number of rotatable bonds is 3. The Morgan fingerprint density at radius 1 is 1.23 bits per heavy atom. The second kappa shape index (κ2) is 4.13. The lowest BCUT2D eigenvalue weighted by Gasteiger charge is -2.22. The van der Waals surface area contributed by atoms with Crippen LogP contribution in [0.15, 0.2) is 42.6 Å². The summed E-state index contributed by atoms with van der Waals surface area (Å²) in [5.74, 6) is 0.399. The third kappa shape index (κ3) is 2.35. The number of allylic oxidation sites excluding steroid dienone is 1. The normalized spacial score (nSPS) is 12.2. The molecule has 0 saturated heterocycles. The van der Waals surface area contributed by atoms with E-state index in [-0.39, 0.29) is 0 Å². The third-order valence-electron chi connectivity index (χ3n) is 2.37. The molecule has 1 atom stereocenters. The highest BCUT2D eigenvalue weighted by molar-refractivity contribution is 5.25. The Labute approximate surface area is 80.7 Å². The molecule has 1 rings (SSSR count). The molecular weight excluding hydrogens is 158 g/mol. The van der Waals surface area contributed by atoms with E-state index in [1.165, 1.54) is 5.56 Å². The highest BCUT2D eigenvalue weighted by atomic mass is 15.1. The average molecular weight is 175 g/mol. The Morgan fingerprint density at radius 3 is 2.23 bits per heavy atom. The second-order valence-corrected chi connectivity index (χ2v) is 3.52. The maximum absolute atomic E-state index is 4.06. The molecule has 0 saturated carbocycles. The van der Waals surface area contributed by atoms with E-state index in [1.54, 1.807) is 0 Å². The Kier molecular flexibility index (Phi) is 3.13. The van der Waals surface area contributed by atoms with Gasteiger partial charge >= 0.3 is 0 Å². The lowest BCUT2D eigenvalue weighted by atomic mass is 9.98. The fourth-order valence-electron chi connectivity index (χ4n) is 1.32. The van der Waals surface area contributed by atoms with Crippen LogP contribution < -0.4 is 0 Å². The molecule has 0 aliphatic rings. The van der Waals surface area contributed by atoms with E-state index in [0.29, 0.717) is 5.92 Å². The van der Waals surface area contributed by atoms with Gasteiger partial charge in [0, 0.05) is 25.7 Å². The summed E-state index contributed by atoms with van der Waals surface area (Å²) in [5.41, 5.74) is 2.47. The summed E-state index contributed by atoms with van der Waals surface area (Å²) in [6, 6.07) is 10.4. The van der Waals surface area contributed by atoms with E-state index >= 15 is 0 Å². The van der Waals surface area contributed by atoms with E-state index in [2.05, 4.69) is 42.7 Å². The molecule has 1 aromatic rings. The summed E-state index contributed by atoms with van der Waals surface area (Å²) < 4.78 is 0. The number of nitrogens with zero attached hydrogens (tertiary/aromatic N) is 1. The van der Waals surface area contributed by atoms with E-state index in [9.17, 15) is 0 Å². The van der Waals surface area contributed by atoms with Crippen molar-refractivity contribution in [2.45, 2.75) is 12.8 Å². The Balaban J connectivity index is 2.80. The van der Waals surface area contributed by atoms with Crippen LogP contribution >= 0.6 is 0 Å². The smallest absolute Gasteiger partial charge is 0.0205 e. The molecule has 13 heavy (non-hydrogen) atoms. The predicted molar refractivity (Wildman–Crippen MR) is 57.7 cm³/mol. The van der Waals surface area contributed by atoms with Crippen LogP contribution in [-0.2, 0) is 0 Å². The number of benzene rings is 1. The molecule has 1 aromatic carbocycles. The van der Waals surface area contributed by atoms with Gasteiger partial charge in [0.1, 0.15) is 0 Å². The quantitative estimate of drug-likeness (QED) is 0.682. The van der Waals surface area contributed by atoms with Gasteiger partial charge in [-0.25, -0.2) is 0 Å². The summed E-state index contributed by atoms with van der Waals surface area (Å²) in [6.07, 6.45) is 0. The summed E-state index contributed by atoms with van der Waals surface area (Å²) in [4.78, 5) is 2.07. The first-order chi connectivity index (χ1) is 6.13. The van der Waals surface area contributed by atoms with Crippen LogP contribution in [0.3, 0.4) is 0 Å². The molecule has 1 unspecified atom stereocenters. The van der Waals surface area contributed by atoms with Crippen molar-refractivity contribution in [3.63, 3.8) is 0 Å². The van der Waals surface area contributed by atoms with Gasteiger partial charge in [-0.3, -0.25) is 0 Å². The van der Waals surface area contributed by atoms with Crippen LogP contribution in [0.25, 0.3) is 0 Å². The van der Waals surface area contributed by atoms with Crippen molar-refractivity contribution in [3.8, 4) is 0 Å². The lowest BCUT2D eigenvalue weighted by Crippen LogP contribution is -2.15. The van der Waals surface area contributed by atoms with Gasteiger partial charge in [-0.2, -0.15) is 0 Å². The molecule has 0 aromatic heterocycles. The van der Waals surface area contributed by atoms with Crippen LogP contribution in [0, 0.1) is 0 Å². The monoisotopic (exact) mass is 175 g/mol. The van der Waals surface area contributed by atoms with Crippen molar-refractivity contribution in [2.75, 3.05) is 14.1 Å². The minimum Gasteiger partial charge on any atom is -0.381 e. The van der Waals surface area contributed by atoms with Gasteiger partial charge in [0.2, 0.25) is 0 Å². The first-order valence-electron chi connectivity index (χ1n) is 4.54. The van der Waals surface area contributed by atoms with Gasteiger partial charge in [0.15, 0.2) is 0 Å². The van der Waals surface area contributed by atoms with Crippen molar-refractivity contribution >= 4 is 0 Å². The topological polar surface area (TPSA) is 3.24 Å². The lowest BCUT2D eigenvalue weighted by molar-refractivity contribution is 0.475. The fourth-order valence-corrected chi connectivity index (χ4v) is 1.32. The SMILES string of the molecule is C=C(C(C)c1ccccc1)N(C)C. The number of likely N-dealkylation sites (N-methyl/N-ethyl adjacent to an activating group) is 1. The van der Waals surface area contributed by atoms with Crippen molar-refractivity contribution in [1.82, 2.24) is 4.90 Å². The first-order valence-corrected chi connectivity index (χ1v) is 4.54. The molecule has 0 fully saturated rings. The van der Waals surface area contributed by atoms with E-state index in [1.807, 2.05) is 20.2 Å². The summed E-state index contributed by atoms with van der Waals surface area (Å²) in [7, 11) is 4.06. The van der Waals surface area contributed by atoms with Gasteiger partial charge in [-0.1, -0.05) is 43.8 Å². The molecule has 1 nitrogen and oxygen atoms in total. The molecule has 0 aliphatic carbocycles. The van der Waals surface area contributed by atoms with Crippen LogP contribution in [-0.4, -0.2) is 19.0 Å². The third-order valence-corrected chi connectivity index (χ3v) is 2.37. The maximum Gasteiger partial charge on any atom is 0.0205 e. The zero-order chi connectivity index (χ0) is 9.84. The Bertz CT molecular complexity index is 274. The van der Waals surface area contributed by atoms with Crippen molar-refractivity contribution in [1.29, 1.82) is 0 Å². The molecule has 1 heteroatoms. The molecule has 0 spiro atoms. The highest BCUT2D eigenvalue weighted by Crippen LogP contribution is 2.22. The number of hydrogen-bond donors (Lipinski definition) is 0. The zero-order valence-corrected chi connectivity index (χ0v) is 8.62. The van der Waals surface area contributed by atoms with Gasteiger partial charge in [-0.05, 0) is 5.56 Å². The molecule has 70 valence electrons. The van der Waals surface area contributed by atoms with E-state index < -0.39 is 0 Å². The standard InChI is InChI=1S/C12H17N/c1-10(11(2)13(3)4)12-8-6-5-7-9-12/h5-10H,2H2,1,3-4H3. The molecule has 0 aliphatic heterocycles. The largest absolute Gasteiger partial charge is 0.381 e. The average Bonchev–Trinajstić information content (AvgIpc) is 2.17. The first kappa shape index (κ1) is 9.85. The zero-order valence-electron chi connectivity index (χ0n) is 8.62. The molecule has 0 heterocycles. The molecule has 0 N–H and O–H groups in total. The van der Waals surface area contributed by atoms with Crippen LogP contribution in [0.4, 0.5) is 0 Å². The Hall–Kier alpha value is -1.24. The summed E-state index contributed by atoms with van der Waals surface area (Å²) in [5, 5.41) is 0. The minimum atomic E-state index is 0.399. The van der Waals surface area contributed by atoms with E-state index in [0.717, 1.165) is 5.70 Å². The van der Waals surface area contributed by atoms with Gasteiger partial charge in [0.25, 0.3) is 0 Å². The molecule has 0 bridgehead atoms. The van der Waals surface area contributed by atoms with Crippen LogP contribution in [0.2, 0.25) is 0 Å². The van der Waals surface area contributed by atoms with Crippen LogP contribution in [0.5, 0.6) is 0 Å². The van der Waals surface area contributed by atoms with Crippen molar-refractivity contribution in [2.24, 2.45) is 0 Å². The van der Waals surface area contributed by atoms with Crippen molar-refractivity contribution < 1.29 is 0 Å². The van der Waals surface area contributed by atoms with Gasteiger partial charge in [0.05, 0.1) is 0 Å².